The van der Waals surface area contributed by atoms with Crippen LogP contribution in [0.4, 0.5) is 0 Å². The maximum absolute atomic E-state index is 5.50. The summed E-state index contributed by atoms with van der Waals surface area (Å²) in [5, 5.41) is 0. The molecule has 0 bridgehead atoms. The molecule has 0 fully saturated rings. The van der Waals surface area contributed by atoms with Gasteiger partial charge in [-0.05, 0) is 24.9 Å². The largest absolute Gasteiger partial charge is 0.454 e. The van der Waals surface area contributed by atoms with Crippen LogP contribution >= 0.6 is 11.8 Å². The van der Waals surface area contributed by atoms with E-state index in [2.05, 4.69) is 16.9 Å². The second kappa shape index (κ2) is 5.35. The number of hydrogen-bond donors (Lipinski definition) is 0. The smallest absolute Gasteiger partial charge is 0.231 e. The van der Waals surface area contributed by atoms with Gasteiger partial charge in [0.2, 0.25) is 6.79 Å². The number of rotatable bonds is 4. The van der Waals surface area contributed by atoms with Crippen molar-refractivity contribution >= 4 is 11.8 Å². The molecule has 0 saturated carbocycles. The van der Waals surface area contributed by atoms with Crippen LogP contribution in [0.15, 0.2) is 17.0 Å². The van der Waals surface area contributed by atoms with E-state index in [1.807, 2.05) is 19.4 Å². The van der Waals surface area contributed by atoms with Gasteiger partial charge in [0.15, 0.2) is 11.5 Å². The Morgan fingerprint density at radius 2 is 2.29 bits per heavy atom. The van der Waals surface area contributed by atoms with E-state index in [1.165, 1.54) is 5.56 Å². The third kappa shape index (κ3) is 2.51. The Morgan fingerprint density at radius 3 is 3.00 bits per heavy atom. The molecule has 0 saturated heterocycles. The fourth-order valence-electron chi connectivity index (χ4n) is 1.84. The van der Waals surface area contributed by atoms with E-state index in [9.17, 15) is 0 Å². The fraction of sp³-hybridized carbons (Fsp3) is 0.385. The van der Waals surface area contributed by atoms with Crippen molar-refractivity contribution in [3.05, 3.63) is 17.7 Å². The molecule has 0 aliphatic carbocycles. The monoisotopic (exact) mass is 249 g/mol. The zero-order chi connectivity index (χ0) is 12.3. The van der Waals surface area contributed by atoms with Crippen LogP contribution in [0.3, 0.4) is 0 Å². The van der Waals surface area contributed by atoms with Crippen LogP contribution in [-0.2, 0) is 6.54 Å². The quantitative estimate of drug-likeness (QED) is 0.602. The van der Waals surface area contributed by atoms with Gasteiger partial charge in [-0.1, -0.05) is 12.0 Å². The molecule has 1 heterocycles. The molecule has 0 atom stereocenters. The van der Waals surface area contributed by atoms with E-state index in [0.717, 1.165) is 22.9 Å². The third-order valence-corrected chi connectivity index (χ3v) is 3.44. The molecule has 0 radical (unpaired) electrons. The molecule has 1 aliphatic rings. The van der Waals surface area contributed by atoms with E-state index >= 15 is 0 Å². The van der Waals surface area contributed by atoms with Gasteiger partial charge in [0.05, 0.1) is 11.4 Å². The lowest BCUT2D eigenvalue weighted by Crippen LogP contribution is -2.18. The maximum Gasteiger partial charge on any atom is 0.231 e. The minimum Gasteiger partial charge on any atom is -0.454 e. The lowest BCUT2D eigenvalue weighted by Gasteiger charge is -2.16. The lowest BCUT2D eigenvalue weighted by molar-refractivity contribution is 0.172. The highest BCUT2D eigenvalue weighted by atomic mass is 32.2. The van der Waals surface area contributed by atoms with Gasteiger partial charge in [0.1, 0.15) is 0 Å². The number of terminal acetylenes is 1. The molecule has 4 heteroatoms. The van der Waals surface area contributed by atoms with Crippen molar-refractivity contribution in [1.29, 1.82) is 0 Å². The first kappa shape index (κ1) is 12.2. The van der Waals surface area contributed by atoms with Crippen LogP contribution in [0, 0.1) is 12.3 Å². The standard InChI is InChI=1S/C13H15NO2S/c1-4-7-14(2)8-10-5-6-11-12(13(10)17-3)16-9-15-11/h1,5-6H,7-9H2,2-3H3. The second-order valence-corrected chi connectivity index (χ2v) is 4.68. The van der Waals surface area contributed by atoms with Gasteiger partial charge in [0.25, 0.3) is 0 Å². The van der Waals surface area contributed by atoms with Gasteiger partial charge in [-0.3, -0.25) is 4.90 Å². The molecule has 0 spiro atoms. The Labute approximate surface area is 106 Å². The molecule has 0 amide bonds. The Kier molecular flexibility index (Phi) is 3.82. The number of hydrogen-bond acceptors (Lipinski definition) is 4. The molecule has 1 aromatic carbocycles. The summed E-state index contributed by atoms with van der Waals surface area (Å²) >= 11 is 1.68. The number of thioether (sulfide) groups is 1. The summed E-state index contributed by atoms with van der Waals surface area (Å²) in [5.41, 5.74) is 1.22. The topological polar surface area (TPSA) is 21.7 Å². The number of ether oxygens (including phenoxy) is 2. The van der Waals surface area contributed by atoms with Crippen molar-refractivity contribution in [3.8, 4) is 23.8 Å². The average Bonchev–Trinajstić information content (AvgIpc) is 2.77. The fourth-order valence-corrected chi connectivity index (χ4v) is 2.58. The minimum atomic E-state index is 0.312. The molecule has 0 N–H and O–H groups in total. The average molecular weight is 249 g/mol. The molecular formula is C13H15NO2S. The van der Waals surface area contributed by atoms with Crippen LogP contribution in [0.25, 0.3) is 0 Å². The van der Waals surface area contributed by atoms with E-state index in [4.69, 9.17) is 15.9 Å². The van der Waals surface area contributed by atoms with Gasteiger partial charge in [-0.2, -0.15) is 0 Å². The number of benzene rings is 1. The summed E-state index contributed by atoms with van der Waals surface area (Å²) in [6, 6.07) is 4.04. The van der Waals surface area contributed by atoms with E-state index < -0.39 is 0 Å². The number of fused-ring (bicyclic) bond motifs is 1. The van der Waals surface area contributed by atoms with Crippen molar-refractivity contribution in [2.45, 2.75) is 11.4 Å². The summed E-state index contributed by atoms with van der Waals surface area (Å²) in [4.78, 5) is 3.24. The van der Waals surface area contributed by atoms with Crippen molar-refractivity contribution in [3.63, 3.8) is 0 Å². The number of nitrogens with zero attached hydrogens (tertiary/aromatic N) is 1. The molecule has 0 unspecified atom stereocenters. The first-order valence-electron chi connectivity index (χ1n) is 5.33. The summed E-state index contributed by atoms with van der Waals surface area (Å²) in [5.74, 6) is 4.34. The minimum absolute atomic E-state index is 0.312. The van der Waals surface area contributed by atoms with Gasteiger partial charge in [-0.25, -0.2) is 0 Å². The SMILES string of the molecule is C#CCN(C)Cc1ccc2c(c1SC)OCO2. The molecule has 17 heavy (non-hydrogen) atoms. The van der Waals surface area contributed by atoms with Gasteiger partial charge < -0.3 is 9.47 Å². The van der Waals surface area contributed by atoms with Crippen molar-refractivity contribution in [2.24, 2.45) is 0 Å². The highest BCUT2D eigenvalue weighted by Gasteiger charge is 2.20. The first-order chi connectivity index (χ1) is 8.26. The zero-order valence-electron chi connectivity index (χ0n) is 10.0. The van der Waals surface area contributed by atoms with Crippen LogP contribution in [-0.4, -0.2) is 31.5 Å². The van der Waals surface area contributed by atoms with Gasteiger partial charge in [-0.15, -0.1) is 18.2 Å². The molecule has 90 valence electrons. The lowest BCUT2D eigenvalue weighted by atomic mass is 10.2. The van der Waals surface area contributed by atoms with E-state index in [1.54, 1.807) is 11.8 Å². The highest BCUT2D eigenvalue weighted by molar-refractivity contribution is 7.98. The zero-order valence-corrected chi connectivity index (χ0v) is 10.8. The van der Waals surface area contributed by atoms with Gasteiger partial charge in [0, 0.05) is 6.54 Å². The Bertz CT molecular complexity index is 453. The second-order valence-electron chi connectivity index (χ2n) is 3.87. The molecule has 0 aromatic heterocycles. The third-order valence-electron chi connectivity index (χ3n) is 2.58. The first-order valence-corrected chi connectivity index (χ1v) is 6.56. The van der Waals surface area contributed by atoms with Crippen molar-refractivity contribution in [1.82, 2.24) is 4.90 Å². The van der Waals surface area contributed by atoms with Gasteiger partial charge >= 0.3 is 0 Å². The molecule has 1 aliphatic heterocycles. The Hall–Kier alpha value is -1.31. The Morgan fingerprint density at radius 1 is 1.47 bits per heavy atom. The predicted octanol–water partition coefficient (Wildman–Crippen LogP) is 2.20. The molecule has 3 nitrogen and oxygen atoms in total. The summed E-state index contributed by atoms with van der Waals surface area (Å²) in [7, 11) is 2.01. The summed E-state index contributed by atoms with van der Waals surface area (Å²) in [6.07, 6.45) is 7.35. The Balaban J connectivity index is 2.26. The summed E-state index contributed by atoms with van der Waals surface area (Å²) < 4.78 is 10.9. The van der Waals surface area contributed by atoms with Crippen LogP contribution < -0.4 is 9.47 Å². The molecular weight excluding hydrogens is 234 g/mol. The van der Waals surface area contributed by atoms with E-state index in [0.29, 0.717) is 13.3 Å². The summed E-state index contributed by atoms with van der Waals surface area (Å²) in [6.45, 7) is 1.77. The van der Waals surface area contributed by atoms with Crippen LogP contribution in [0.1, 0.15) is 5.56 Å². The molecule has 2 rings (SSSR count). The van der Waals surface area contributed by atoms with Crippen LogP contribution in [0.5, 0.6) is 11.5 Å². The molecule has 1 aromatic rings. The normalized spacial score (nSPS) is 12.8. The van der Waals surface area contributed by atoms with E-state index in [-0.39, 0.29) is 0 Å². The predicted molar refractivity (Wildman–Crippen MR) is 69.5 cm³/mol. The van der Waals surface area contributed by atoms with Crippen molar-refractivity contribution < 1.29 is 9.47 Å². The maximum atomic E-state index is 5.50. The van der Waals surface area contributed by atoms with Crippen molar-refractivity contribution in [2.75, 3.05) is 26.6 Å². The highest BCUT2D eigenvalue weighted by Crippen LogP contribution is 2.42. The van der Waals surface area contributed by atoms with Crippen LogP contribution in [0.2, 0.25) is 0 Å².